The van der Waals surface area contributed by atoms with Crippen LogP contribution in [0, 0.1) is 24.0 Å². The summed E-state index contributed by atoms with van der Waals surface area (Å²) in [6.45, 7) is 3.46. The molecule has 1 rings (SSSR count). The first-order valence-corrected chi connectivity index (χ1v) is 5.55. The van der Waals surface area contributed by atoms with Gasteiger partial charge in [0.05, 0.1) is 10.6 Å². The maximum absolute atomic E-state index is 10.8. The van der Waals surface area contributed by atoms with Crippen LogP contribution in [0.5, 0.6) is 0 Å². The third-order valence-electron chi connectivity index (χ3n) is 2.27. The van der Waals surface area contributed by atoms with Crippen molar-refractivity contribution in [2.24, 2.45) is 5.73 Å². The van der Waals surface area contributed by atoms with Crippen LogP contribution >= 0.6 is 28.1 Å². The molecule has 16 heavy (non-hydrogen) atoms. The SMILES string of the molecule is Cc1c([N+](=O)[O-])cc(Br)c(NC(N)=S)c1C. The first kappa shape index (κ1) is 12.9. The number of nitro groups is 1. The molecule has 0 radical (unpaired) electrons. The van der Waals surface area contributed by atoms with Crippen LogP contribution in [-0.2, 0) is 0 Å². The third-order valence-corrected chi connectivity index (χ3v) is 3.00. The van der Waals surface area contributed by atoms with E-state index in [-0.39, 0.29) is 10.8 Å². The summed E-state index contributed by atoms with van der Waals surface area (Å²) in [5, 5.41) is 13.7. The second-order valence-corrected chi connectivity index (χ2v) is 4.54. The lowest BCUT2D eigenvalue weighted by molar-refractivity contribution is -0.385. The molecule has 1 aromatic carbocycles. The van der Waals surface area contributed by atoms with Crippen LogP contribution < -0.4 is 11.1 Å². The maximum atomic E-state index is 10.8. The van der Waals surface area contributed by atoms with Crippen molar-refractivity contribution in [1.29, 1.82) is 0 Å². The molecule has 5 nitrogen and oxygen atoms in total. The molecular formula is C9H10BrN3O2S. The van der Waals surface area contributed by atoms with E-state index in [4.69, 9.17) is 18.0 Å². The largest absolute Gasteiger partial charge is 0.376 e. The van der Waals surface area contributed by atoms with Crippen LogP contribution in [-0.4, -0.2) is 10.0 Å². The van der Waals surface area contributed by atoms with Crippen molar-refractivity contribution in [3.63, 3.8) is 0 Å². The third kappa shape index (κ3) is 2.48. The Morgan fingerprint density at radius 1 is 1.56 bits per heavy atom. The normalized spacial score (nSPS) is 9.94. The summed E-state index contributed by atoms with van der Waals surface area (Å²) in [7, 11) is 0. The van der Waals surface area contributed by atoms with E-state index in [2.05, 4.69) is 21.2 Å². The fourth-order valence-corrected chi connectivity index (χ4v) is 2.04. The Bertz CT molecular complexity index is 476. The number of anilines is 1. The number of thiocarbonyl (C=S) groups is 1. The summed E-state index contributed by atoms with van der Waals surface area (Å²) >= 11 is 7.98. The summed E-state index contributed by atoms with van der Waals surface area (Å²) in [6, 6.07) is 1.43. The predicted octanol–water partition coefficient (Wildman–Crippen LogP) is 2.63. The van der Waals surface area contributed by atoms with Crippen molar-refractivity contribution >= 4 is 44.6 Å². The molecule has 86 valence electrons. The number of hydrogen-bond acceptors (Lipinski definition) is 3. The van der Waals surface area contributed by atoms with E-state index in [0.29, 0.717) is 15.7 Å². The van der Waals surface area contributed by atoms with Crippen LogP contribution in [0.15, 0.2) is 10.5 Å². The Kier molecular flexibility index (Phi) is 3.82. The number of nitrogens with zero attached hydrogens (tertiary/aromatic N) is 1. The molecular weight excluding hydrogens is 294 g/mol. The van der Waals surface area contributed by atoms with Crippen LogP contribution in [0.1, 0.15) is 11.1 Å². The van der Waals surface area contributed by atoms with Gasteiger partial charge in [-0.15, -0.1) is 0 Å². The highest BCUT2D eigenvalue weighted by atomic mass is 79.9. The van der Waals surface area contributed by atoms with Gasteiger partial charge in [0.25, 0.3) is 5.69 Å². The zero-order chi connectivity index (χ0) is 12.5. The number of benzene rings is 1. The highest BCUT2D eigenvalue weighted by molar-refractivity contribution is 9.10. The Morgan fingerprint density at radius 2 is 2.12 bits per heavy atom. The van der Waals surface area contributed by atoms with Gasteiger partial charge in [0.1, 0.15) is 0 Å². The minimum absolute atomic E-state index is 0.0675. The Labute approximate surface area is 106 Å². The number of nitrogens with two attached hydrogens (primary N) is 1. The van der Waals surface area contributed by atoms with Gasteiger partial charge >= 0.3 is 0 Å². The molecule has 7 heteroatoms. The van der Waals surface area contributed by atoms with Crippen LogP contribution in [0.4, 0.5) is 11.4 Å². The van der Waals surface area contributed by atoms with E-state index in [1.807, 2.05) is 0 Å². The lowest BCUT2D eigenvalue weighted by Crippen LogP contribution is -2.20. The average molecular weight is 304 g/mol. The van der Waals surface area contributed by atoms with Gasteiger partial charge in [0, 0.05) is 16.1 Å². The van der Waals surface area contributed by atoms with E-state index in [1.54, 1.807) is 13.8 Å². The van der Waals surface area contributed by atoms with Crippen LogP contribution in [0.2, 0.25) is 0 Å². The van der Waals surface area contributed by atoms with Gasteiger partial charge in [-0.1, -0.05) is 0 Å². The van der Waals surface area contributed by atoms with Gasteiger partial charge in [-0.25, -0.2) is 0 Å². The van der Waals surface area contributed by atoms with E-state index in [1.165, 1.54) is 6.07 Å². The minimum Gasteiger partial charge on any atom is -0.376 e. The molecule has 0 saturated heterocycles. The van der Waals surface area contributed by atoms with Crippen molar-refractivity contribution in [3.05, 3.63) is 31.8 Å². The first-order valence-electron chi connectivity index (χ1n) is 4.35. The van der Waals surface area contributed by atoms with Gasteiger partial charge in [-0.05, 0) is 47.6 Å². The molecule has 1 aromatic rings. The molecule has 3 N–H and O–H groups in total. The van der Waals surface area contributed by atoms with Gasteiger partial charge in [0.15, 0.2) is 5.11 Å². The molecule has 0 bridgehead atoms. The Balaban J connectivity index is 3.39. The fraction of sp³-hybridized carbons (Fsp3) is 0.222. The highest BCUT2D eigenvalue weighted by Gasteiger charge is 2.18. The average Bonchev–Trinajstić information content (AvgIpc) is 2.17. The molecule has 0 spiro atoms. The molecule has 0 aliphatic carbocycles. The molecule has 0 atom stereocenters. The highest BCUT2D eigenvalue weighted by Crippen LogP contribution is 2.34. The van der Waals surface area contributed by atoms with Crippen LogP contribution in [0.25, 0.3) is 0 Å². The monoisotopic (exact) mass is 303 g/mol. The standard InChI is InChI=1S/C9H10BrN3O2S/c1-4-5(2)8(12-9(11)16)6(10)3-7(4)13(14)15/h3H,1-2H3,(H3,11,12,16). The van der Waals surface area contributed by atoms with Crippen molar-refractivity contribution in [2.75, 3.05) is 5.32 Å². The van der Waals surface area contributed by atoms with Crippen LogP contribution in [0.3, 0.4) is 0 Å². The second-order valence-electron chi connectivity index (χ2n) is 3.25. The lowest BCUT2D eigenvalue weighted by Gasteiger charge is -2.12. The van der Waals surface area contributed by atoms with E-state index < -0.39 is 4.92 Å². The quantitative estimate of drug-likeness (QED) is 0.499. The number of nitrogens with one attached hydrogen (secondary N) is 1. The zero-order valence-corrected chi connectivity index (χ0v) is 11.1. The number of hydrogen-bond donors (Lipinski definition) is 2. The molecule has 0 aliphatic rings. The molecule has 0 aliphatic heterocycles. The number of nitro benzene ring substituents is 1. The van der Waals surface area contributed by atoms with Crippen molar-refractivity contribution in [2.45, 2.75) is 13.8 Å². The molecule has 0 amide bonds. The van der Waals surface area contributed by atoms with E-state index >= 15 is 0 Å². The minimum atomic E-state index is -0.419. The van der Waals surface area contributed by atoms with Crippen molar-refractivity contribution in [3.8, 4) is 0 Å². The molecule has 0 fully saturated rings. The lowest BCUT2D eigenvalue weighted by atomic mass is 10.1. The van der Waals surface area contributed by atoms with Gasteiger partial charge < -0.3 is 11.1 Å². The Morgan fingerprint density at radius 3 is 2.56 bits per heavy atom. The van der Waals surface area contributed by atoms with E-state index in [0.717, 1.165) is 5.56 Å². The van der Waals surface area contributed by atoms with Gasteiger partial charge in [0.2, 0.25) is 0 Å². The molecule has 0 aromatic heterocycles. The fourth-order valence-electron chi connectivity index (χ4n) is 1.33. The summed E-state index contributed by atoms with van der Waals surface area (Å²) in [5.41, 5.74) is 7.44. The summed E-state index contributed by atoms with van der Waals surface area (Å²) in [6.07, 6.45) is 0. The first-order chi connectivity index (χ1) is 7.34. The summed E-state index contributed by atoms with van der Waals surface area (Å²) in [5.74, 6) is 0. The molecule has 0 unspecified atom stereocenters. The molecule has 0 saturated carbocycles. The smallest absolute Gasteiger partial charge is 0.273 e. The van der Waals surface area contributed by atoms with Crippen molar-refractivity contribution in [1.82, 2.24) is 0 Å². The summed E-state index contributed by atoms with van der Waals surface area (Å²) in [4.78, 5) is 10.4. The van der Waals surface area contributed by atoms with Gasteiger partial charge in [-0.3, -0.25) is 10.1 Å². The van der Waals surface area contributed by atoms with Crippen molar-refractivity contribution < 1.29 is 4.92 Å². The zero-order valence-electron chi connectivity index (χ0n) is 8.70. The topological polar surface area (TPSA) is 81.2 Å². The second kappa shape index (κ2) is 4.75. The summed E-state index contributed by atoms with van der Waals surface area (Å²) < 4.78 is 0.565. The maximum Gasteiger partial charge on any atom is 0.273 e. The van der Waals surface area contributed by atoms with E-state index in [9.17, 15) is 10.1 Å². The molecule has 0 heterocycles. The number of rotatable bonds is 2. The predicted molar refractivity (Wildman–Crippen MR) is 70.7 cm³/mol. The van der Waals surface area contributed by atoms with Gasteiger partial charge in [-0.2, -0.15) is 0 Å². The number of halogens is 1. The Hall–Kier alpha value is -1.21.